The summed E-state index contributed by atoms with van der Waals surface area (Å²) in [6.07, 6.45) is 1.70. The van der Waals surface area contributed by atoms with E-state index in [9.17, 15) is 5.11 Å². The Labute approximate surface area is 113 Å². The van der Waals surface area contributed by atoms with Crippen molar-refractivity contribution in [1.29, 1.82) is 0 Å². The molecule has 0 aliphatic carbocycles. The van der Waals surface area contributed by atoms with Crippen LogP contribution in [-0.4, -0.2) is 36.8 Å². The first-order chi connectivity index (χ1) is 9.76. The molecule has 102 valence electrons. The lowest BCUT2D eigenvalue weighted by Gasteiger charge is -1.93. The van der Waals surface area contributed by atoms with Gasteiger partial charge >= 0.3 is 0 Å². The van der Waals surface area contributed by atoms with E-state index < -0.39 is 0 Å². The lowest BCUT2D eigenvalue weighted by molar-refractivity contribution is 0.431. The first kappa shape index (κ1) is 12.3. The predicted molar refractivity (Wildman–Crippen MR) is 69.5 cm³/mol. The highest BCUT2D eigenvalue weighted by atomic mass is 16.5. The molecule has 2 heterocycles. The van der Waals surface area contributed by atoms with Gasteiger partial charge in [0.1, 0.15) is 5.75 Å². The van der Waals surface area contributed by atoms with Crippen molar-refractivity contribution >= 4 is 0 Å². The van der Waals surface area contributed by atoms with Crippen LogP contribution in [0.3, 0.4) is 0 Å². The zero-order chi connectivity index (χ0) is 13.9. The highest BCUT2D eigenvalue weighted by Crippen LogP contribution is 2.22. The lowest BCUT2D eigenvalue weighted by Crippen LogP contribution is -2.10. The number of nitrogens with two attached hydrogens (primary N) is 1. The summed E-state index contributed by atoms with van der Waals surface area (Å²) < 4.78 is 6.77. The van der Waals surface area contributed by atoms with Crippen LogP contribution in [0.2, 0.25) is 0 Å². The molecule has 0 saturated carbocycles. The second-order valence-corrected chi connectivity index (χ2v) is 4.13. The molecule has 0 fully saturated rings. The van der Waals surface area contributed by atoms with E-state index in [1.165, 1.54) is 0 Å². The molecule has 3 rings (SSSR count). The minimum Gasteiger partial charge on any atom is -0.508 e. The fourth-order valence-corrected chi connectivity index (χ4v) is 1.69. The van der Waals surface area contributed by atoms with E-state index in [2.05, 4.69) is 20.5 Å². The van der Waals surface area contributed by atoms with E-state index in [1.54, 1.807) is 35.1 Å². The van der Waals surface area contributed by atoms with E-state index in [1.807, 2.05) is 0 Å². The van der Waals surface area contributed by atoms with Crippen LogP contribution in [0.5, 0.6) is 5.75 Å². The van der Waals surface area contributed by atoms with Gasteiger partial charge in [-0.05, 0) is 24.3 Å². The smallest absolute Gasteiger partial charge is 0.280 e. The maximum absolute atomic E-state index is 9.24. The van der Waals surface area contributed by atoms with Crippen LogP contribution in [0.15, 0.2) is 35.0 Å². The first-order valence-electron chi connectivity index (χ1n) is 6.00. The molecule has 20 heavy (non-hydrogen) atoms. The highest BCUT2D eigenvalue weighted by molar-refractivity contribution is 5.58. The number of hydrogen-bond acceptors (Lipinski definition) is 7. The van der Waals surface area contributed by atoms with Crippen molar-refractivity contribution < 1.29 is 9.63 Å². The second-order valence-electron chi connectivity index (χ2n) is 4.13. The fraction of sp³-hybridized carbons (Fsp3) is 0.167. The average Bonchev–Trinajstić information content (AvgIpc) is 3.08. The van der Waals surface area contributed by atoms with Gasteiger partial charge in [0.2, 0.25) is 5.82 Å². The van der Waals surface area contributed by atoms with Gasteiger partial charge in [0.25, 0.3) is 5.89 Å². The Morgan fingerprint density at radius 2 is 2.05 bits per heavy atom. The van der Waals surface area contributed by atoms with Crippen molar-refractivity contribution in [3.63, 3.8) is 0 Å². The minimum atomic E-state index is 0.183. The zero-order valence-corrected chi connectivity index (χ0v) is 10.5. The van der Waals surface area contributed by atoms with Crippen molar-refractivity contribution in [1.82, 2.24) is 25.1 Å². The standard InChI is InChI=1S/C12H12N6O2/c13-5-6-18-7-10(15-17-18)12-14-11(16-20-12)8-1-3-9(19)4-2-8/h1-4,7,19H,5-6,13H2. The van der Waals surface area contributed by atoms with Crippen molar-refractivity contribution in [2.75, 3.05) is 6.54 Å². The summed E-state index contributed by atoms with van der Waals surface area (Å²) in [5, 5.41) is 21.0. The van der Waals surface area contributed by atoms with Gasteiger partial charge in [0, 0.05) is 12.1 Å². The van der Waals surface area contributed by atoms with E-state index in [4.69, 9.17) is 10.3 Å². The Morgan fingerprint density at radius 1 is 1.25 bits per heavy atom. The van der Waals surface area contributed by atoms with Crippen LogP contribution < -0.4 is 5.73 Å². The topological polar surface area (TPSA) is 116 Å². The minimum absolute atomic E-state index is 0.183. The third-order valence-corrected chi connectivity index (χ3v) is 2.67. The second kappa shape index (κ2) is 5.10. The fourth-order valence-electron chi connectivity index (χ4n) is 1.69. The van der Waals surface area contributed by atoms with Crippen LogP contribution in [0.1, 0.15) is 0 Å². The summed E-state index contributed by atoms with van der Waals surface area (Å²) in [5.74, 6) is 0.895. The summed E-state index contributed by atoms with van der Waals surface area (Å²) >= 11 is 0. The molecule has 0 spiro atoms. The number of phenols is 1. The molecule has 3 aromatic rings. The molecule has 0 radical (unpaired) electrons. The summed E-state index contributed by atoms with van der Waals surface area (Å²) in [6.45, 7) is 1.05. The Balaban J connectivity index is 1.87. The molecule has 0 amide bonds. The number of hydrogen-bond donors (Lipinski definition) is 2. The summed E-state index contributed by atoms with van der Waals surface area (Å²) in [4.78, 5) is 4.25. The summed E-state index contributed by atoms with van der Waals surface area (Å²) in [6, 6.07) is 6.52. The number of rotatable bonds is 4. The van der Waals surface area contributed by atoms with Gasteiger partial charge in [0.15, 0.2) is 5.69 Å². The quantitative estimate of drug-likeness (QED) is 0.716. The Kier molecular flexibility index (Phi) is 3.13. The van der Waals surface area contributed by atoms with Crippen LogP contribution in [0.25, 0.3) is 23.0 Å². The van der Waals surface area contributed by atoms with E-state index in [-0.39, 0.29) is 11.6 Å². The number of phenolic OH excluding ortho intramolecular Hbond substituents is 1. The normalized spacial score (nSPS) is 10.8. The molecule has 0 unspecified atom stereocenters. The number of benzene rings is 1. The molecular formula is C12H12N6O2. The number of nitrogens with zero attached hydrogens (tertiary/aromatic N) is 5. The number of aromatic hydroxyl groups is 1. The molecule has 0 saturated heterocycles. The average molecular weight is 272 g/mol. The SMILES string of the molecule is NCCn1cc(-c2nc(-c3ccc(O)cc3)no2)nn1. The van der Waals surface area contributed by atoms with E-state index >= 15 is 0 Å². The first-order valence-corrected chi connectivity index (χ1v) is 6.00. The maximum atomic E-state index is 9.24. The monoisotopic (exact) mass is 272 g/mol. The largest absolute Gasteiger partial charge is 0.508 e. The highest BCUT2D eigenvalue weighted by Gasteiger charge is 2.13. The Morgan fingerprint density at radius 3 is 2.80 bits per heavy atom. The molecule has 0 aliphatic heterocycles. The Bertz CT molecular complexity index is 703. The molecule has 8 heteroatoms. The molecular weight excluding hydrogens is 260 g/mol. The van der Waals surface area contributed by atoms with Gasteiger partial charge in [0.05, 0.1) is 12.7 Å². The van der Waals surface area contributed by atoms with Crippen molar-refractivity contribution in [2.24, 2.45) is 5.73 Å². The van der Waals surface area contributed by atoms with Gasteiger partial charge in [-0.25, -0.2) is 0 Å². The lowest BCUT2D eigenvalue weighted by atomic mass is 10.2. The van der Waals surface area contributed by atoms with Crippen molar-refractivity contribution in [2.45, 2.75) is 6.54 Å². The molecule has 0 aliphatic rings. The maximum Gasteiger partial charge on any atom is 0.280 e. The molecule has 2 aromatic heterocycles. The van der Waals surface area contributed by atoms with Crippen LogP contribution in [0, 0.1) is 0 Å². The van der Waals surface area contributed by atoms with Crippen LogP contribution in [-0.2, 0) is 6.54 Å². The summed E-state index contributed by atoms with van der Waals surface area (Å²) in [5.41, 5.74) is 6.68. The molecule has 3 N–H and O–H groups in total. The van der Waals surface area contributed by atoms with Crippen molar-refractivity contribution in [3.05, 3.63) is 30.5 Å². The van der Waals surface area contributed by atoms with Crippen molar-refractivity contribution in [3.8, 4) is 28.7 Å². The van der Waals surface area contributed by atoms with Gasteiger partial charge in [-0.15, -0.1) is 5.10 Å². The van der Waals surface area contributed by atoms with Crippen LogP contribution in [0.4, 0.5) is 0 Å². The third kappa shape index (κ3) is 2.36. The van der Waals surface area contributed by atoms with Gasteiger partial charge in [-0.2, -0.15) is 4.98 Å². The van der Waals surface area contributed by atoms with Gasteiger partial charge < -0.3 is 15.4 Å². The van der Waals surface area contributed by atoms with Crippen LogP contribution >= 0.6 is 0 Å². The summed E-state index contributed by atoms with van der Waals surface area (Å²) in [7, 11) is 0. The third-order valence-electron chi connectivity index (χ3n) is 2.67. The molecule has 8 nitrogen and oxygen atoms in total. The van der Waals surface area contributed by atoms with E-state index in [0.29, 0.717) is 24.6 Å². The molecule has 0 bridgehead atoms. The Hall–Kier alpha value is -2.74. The van der Waals surface area contributed by atoms with Gasteiger partial charge in [-0.3, -0.25) is 4.68 Å². The van der Waals surface area contributed by atoms with Gasteiger partial charge in [-0.1, -0.05) is 10.4 Å². The number of aromatic nitrogens is 5. The zero-order valence-electron chi connectivity index (χ0n) is 10.5. The predicted octanol–water partition coefficient (Wildman–Crippen LogP) is 0.659. The molecule has 1 aromatic carbocycles. The molecule has 0 atom stereocenters. The van der Waals surface area contributed by atoms with E-state index in [0.717, 1.165) is 5.56 Å².